The van der Waals surface area contributed by atoms with Crippen molar-refractivity contribution < 1.29 is 51.6 Å². The van der Waals surface area contributed by atoms with Crippen LogP contribution >= 0.6 is 0 Å². The zero-order valence-corrected chi connectivity index (χ0v) is 25.2. The Morgan fingerprint density at radius 3 is 1.44 bits per heavy atom. The van der Waals surface area contributed by atoms with Crippen LogP contribution in [0, 0.1) is 11.8 Å². The number of alkyl carbamates (subject to hydrolysis) is 2. The third-order valence-corrected chi connectivity index (χ3v) is 7.05. The molecule has 2 aliphatic carbocycles. The van der Waals surface area contributed by atoms with Gasteiger partial charge < -0.3 is 34.7 Å². The Kier molecular flexibility index (Phi) is 11.2. The highest BCUT2D eigenvalue weighted by molar-refractivity contribution is 7.90. The van der Waals surface area contributed by atoms with Crippen molar-refractivity contribution in [2.45, 2.75) is 89.5 Å². The average molecular weight is 581 g/mol. The fourth-order valence-electron chi connectivity index (χ4n) is 4.11. The molecule has 39 heavy (non-hydrogen) atoms. The third kappa shape index (κ3) is 10.8. The molecule has 2 saturated carbocycles. The molecule has 2 fully saturated rings. The molecular weight excluding hydrogens is 536 g/mol. The summed E-state index contributed by atoms with van der Waals surface area (Å²) in [6.07, 6.45) is 1.35. The lowest BCUT2D eigenvalue weighted by Crippen LogP contribution is -2.47. The van der Waals surface area contributed by atoms with Crippen molar-refractivity contribution in [1.82, 2.24) is 10.6 Å². The topological polar surface area (TPSA) is 184 Å². The van der Waals surface area contributed by atoms with Crippen LogP contribution in [0.1, 0.15) is 67.2 Å². The van der Waals surface area contributed by atoms with Crippen molar-refractivity contribution >= 4 is 34.0 Å². The van der Waals surface area contributed by atoms with Gasteiger partial charge in [-0.1, -0.05) is 0 Å². The lowest BCUT2D eigenvalue weighted by Gasteiger charge is -2.23. The molecule has 0 aromatic carbocycles. The molecule has 0 aromatic heterocycles. The number of amides is 2. The number of carbonyl (C=O) groups excluding carboxylic acids is 4. The summed E-state index contributed by atoms with van der Waals surface area (Å²) in [5.41, 5.74) is -3.50. The van der Waals surface area contributed by atoms with E-state index in [4.69, 9.17) is 24.1 Å². The van der Waals surface area contributed by atoms with Crippen LogP contribution < -0.4 is 10.6 Å². The van der Waals surface area contributed by atoms with Gasteiger partial charge in [0, 0.05) is 12.9 Å². The van der Waals surface area contributed by atoms with E-state index in [0.717, 1.165) is 6.26 Å². The zero-order chi connectivity index (χ0) is 30.4. The summed E-state index contributed by atoms with van der Waals surface area (Å²) >= 11 is 0. The Morgan fingerprint density at radius 1 is 0.795 bits per heavy atom. The first-order valence-electron chi connectivity index (χ1n) is 12.6. The van der Waals surface area contributed by atoms with Gasteiger partial charge in [0.25, 0.3) is 0 Å². The Bertz CT molecular complexity index is 1020. The van der Waals surface area contributed by atoms with Gasteiger partial charge in [-0.3, -0.25) is 0 Å². The first-order chi connectivity index (χ1) is 17.6. The van der Waals surface area contributed by atoms with Gasteiger partial charge >= 0.3 is 24.1 Å². The van der Waals surface area contributed by atoms with Crippen LogP contribution in [0.4, 0.5) is 9.59 Å². The summed E-state index contributed by atoms with van der Waals surface area (Å²) in [5.74, 6) is -1.46. The molecule has 2 amide bonds. The maximum absolute atomic E-state index is 11.9. The molecule has 3 N–H and O–H groups in total. The number of rotatable bonds is 9. The van der Waals surface area contributed by atoms with E-state index in [1.807, 2.05) is 0 Å². The maximum atomic E-state index is 11.9. The minimum Gasteiger partial charge on any atom is -0.467 e. The molecule has 14 heteroatoms. The van der Waals surface area contributed by atoms with E-state index in [2.05, 4.69) is 10.6 Å². The van der Waals surface area contributed by atoms with Crippen LogP contribution in [0.25, 0.3) is 0 Å². The van der Waals surface area contributed by atoms with Gasteiger partial charge in [0.15, 0.2) is 0 Å². The quantitative estimate of drug-likeness (QED) is 0.266. The number of hydrogen-bond donors (Lipinski definition) is 3. The second-order valence-corrected chi connectivity index (χ2v) is 14.2. The van der Waals surface area contributed by atoms with Gasteiger partial charge in [-0.2, -0.15) is 0 Å². The number of carbonyl (C=O) groups is 4. The predicted octanol–water partition coefficient (Wildman–Crippen LogP) is 1.70. The first-order valence-corrected chi connectivity index (χ1v) is 14.7. The Labute approximate surface area is 230 Å². The number of nitrogens with one attached hydrogen (secondary N) is 2. The number of esters is 2. The highest BCUT2D eigenvalue weighted by Gasteiger charge is 2.63. The fraction of sp³-hybridized carbons (Fsp3) is 0.840. The van der Waals surface area contributed by atoms with Crippen molar-refractivity contribution in [2.24, 2.45) is 11.8 Å². The van der Waals surface area contributed by atoms with Crippen molar-refractivity contribution in [1.29, 1.82) is 0 Å². The smallest absolute Gasteiger partial charge is 0.408 e. The molecule has 4 atom stereocenters. The van der Waals surface area contributed by atoms with Gasteiger partial charge in [0.2, 0.25) is 0 Å². The number of ether oxygens (including phenoxy) is 4. The van der Waals surface area contributed by atoms with Crippen molar-refractivity contribution in [2.75, 3.05) is 32.8 Å². The summed E-state index contributed by atoms with van der Waals surface area (Å²) in [6.45, 7) is 10.3. The minimum atomic E-state index is -3.12. The number of methoxy groups -OCH3 is 2. The molecule has 0 radical (unpaired) electrons. The van der Waals surface area contributed by atoms with Gasteiger partial charge in [-0.25, -0.2) is 27.6 Å². The Morgan fingerprint density at radius 2 is 1.15 bits per heavy atom. The largest absolute Gasteiger partial charge is 0.467 e. The number of sulfone groups is 1. The molecule has 0 spiro atoms. The lowest BCUT2D eigenvalue weighted by atomic mass is 10.1. The van der Waals surface area contributed by atoms with Crippen LogP contribution in [-0.2, 0) is 38.4 Å². The summed E-state index contributed by atoms with van der Waals surface area (Å²) in [7, 11) is -0.613. The molecule has 2 rings (SSSR count). The van der Waals surface area contributed by atoms with Crippen LogP contribution in [0.2, 0.25) is 0 Å². The van der Waals surface area contributed by atoms with Crippen molar-refractivity contribution in [3.05, 3.63) is 0 Å². The molecule has 0 bridgehead atoms. The fourth-order valence-corrected chi connectivity index (χ4v) is 4.83. The average Bonchev–Trinajstić information content (AvgIpc) is 3.64. The SMILES string of the molecule is COC(=O)[C@@]1(NC(=O)OC(C)(C)C)C[C@H]1CCO.COC(=O)[C@@]1(NC(=O)OC(C)(C)C)C[C@H]1CCS(C)(=O)=O. The lowest BCUT2D eigenvalue weighted by molar-refractivity contribution is -0.145. The zero-order valence-electron chi connectivity index (χ0n) is 24.3. The highest BCUT2D eigenvalue weighted by atomic mass is 32.2. The van der Waals surface area contributed by atoms with E-state index >= 15 is 0 Å². The number of aliphatic hydroxyl groups is 1. The van der Waals surface area contributed by atoms with Gasteiger partial charge in [-0.05, 0) is 79.1 Å². The van der Waals surface area contributed by atoms with Crippen LogP contribution in [-0.4, -0.2) is 92.8 Å². The summed E-state index contributed by atoms with van der Waals surface area (Å²) in [4.78, 5) is 47.1. The Hall–Kier alpha value is -2.61. The molecule has 0 aromatic rings. The molecule has 226 valence electrons. The van der Waals surface area contributed by atoms with Crippen LogP contribution in [0.5, 0.6) is 0 Å². The third-order valence-electron chi connectivity index (χ3n) is 6.07. The summed E-state index contributed by atoms with van der Waals surface area (Å²) in [5, 5.41) is 14.0. The van der Waals surface area contributed by atoms with Crippen molar-refractivity contribution in [3.8, 4) is 0 Å². The summed E-state index contributed by atoms with van der Waals surface area (Å²) < 4.78 is 42.0. The Balaban J connectivity index is 0.000000395. The second kappa shape index (κ2) is 12.7. The molecule has 0 aliphatic heterocycles. The van der Waals surface area contributed by atoms with Crippen LogP contribution in [0.15, 0.2) is 0 Å². The van der Waals surface area contributed by atoms with E-state index in [1.165, 1.54) is 14.2 Å². The van der Waals surface area contributed by atoms with Crippen molar-refractivity contribution in [3.63, 3.8) is 0 Å². The molecule has 0 unspecified atom stereocenters. The second-order valence-electron chi connectivity index (χ2n) is 11.9. The highest BCUT2D eigenvalue weighted by Crippen LogP contribution is 2.48. The molecule has 2 aliphatic rings. The molecule has 0 heterocycles. The standard InChI is InChI=1S/C13H23NO6S.C12H21NO5/c1-12(2,3)20-11(16)14-13(10(15)19-4)8-9(13)6-7-21(5,17)18;1-11(2,3)18-10(16)13-12(9(15)17-4)7-8(12)5-6-14/h9H,6-8H2,1-5H3,(H,14,16);8,14H,5-7H2,1-4H3,(H,13,16)/t9-,13-;8-,12-/m11/s1. The molecule has 0 saturated heterocycles. The maximum Gasteiger partial charge on any atom is 0.408 e. The minimum absolute atomic E-state index is 0.0284. The first kappa shape index (κ1) is 34.4. The van der Waals surface area contributed by atoms with Crippen LogP contribution in [0.3, 0.4) is 0 Å². The van der Waals surface area contributed by atoms with E-state index in [0.29, 0.717) is 25.7 Å². The normalized spacial score (nSPS) is 25.7. The van der Waals surface area contributed by atoms with E-state index in [9.17, 15) is 27.6 Å². The van der Waals surface area contributed by atoms with Gasteiger partial charge in [0.1, 0.15) is 32.1 Å². The monoisotopic (exact) mass is 580 g/mol. The van der Waals surface area contributed by atoms with Gasteiger partial charge in [0.05, 0.1) is 20.0 Å². The predicted molar refractivity (Wildman–Crippen MR) is 140 cm³/mol. The number of hydrogen-bond acceptors (Lipinski definition) is 11. The van der Waals surface area contributed by atoms with Gasteiger partial charge in [-0.15, -0.1) is 0 Å². The number of aliphatic hydroxyl groups excluding tert-OH is 1. The van der Waals surface area contributed by atoms with E-state index in [-0.39, 0.29) is 24.2 Å². The van der Waals surface area contributed by atoms with E-state index < -0.39 is 56.2 Å². The molecular formula is C25H44N2O11S. The van der Waals surface area contributed by atoms with E-state index in [1.54, 1.807) is 41.5 Å². The molecule has 13 nitrogen and oxygen atoms in total. The summed E-state index contributed by atoms with van der Waals surface area (Å²) in [6, 6.07) is 0.